The summed E-state index contributed by atoms with van der Waals surface area (Å²) >= 11 is 0. The number of esters is 1. The molecule has 0 saturated heterocycles. The molecule has 0 bridgehead atoms. The molecule has 4 aromatic carbocycles. The fraction of sp³-hybridized carbons (Fsp3) is 0.235. The predicted octanol–water partition coefficient (Wildman–Crippen LogP) is 5.95. The topological polar surface area (TPSA) is 101 Å². The van der Waals surface area contributed by atoms with E-state index in [0.717, 1.165) is 11.1 Å². The zero-order valence-electron chi connectivity index (χ0n) is 23.2. The Kier molecular flexibility index (Phi) is 7.44. The maximum Gasteiger partial charge on any atom is 0.315 e. The van der Waals surface area contributed by atoms with Gasteiger partial charge in [0.15, 0.2) is 11.5 Å². The van der Waals surface area contributed by atoms with E-state index in [0.29, 0.717) is 53.1 Å². The van der Waals surface area contributed by atoms with Crippen LogP contribution in [0.5, 0.6) is 28.7 Å². The van der Waals surface area contributed by atoms with Crippen LogP contribution in [0.3, 0.4) is 0 Å². The van der Waals surface area contributed by atoms with Crippen molar-refractivity contribution in [3.05, 3.63) is 102 Å². The van der Waals surface area contributed by atoms with Gasteiger partial charge in [-0.3, -0.25) is 9.59 Å². The fourth-order valence-electron chi connectivity index (χ4n) is 6.15. The van der Waals surface area contributed by atoms with Crippen LogP contribution in [0.1, 0.15) is 23.0 Å². The number of carbonyl (C=O) groups excluding carboxylic acids is 1. The molecule has 0 radical (unpaired) electrons. The van der Waals surface area contributed by atoms with Gasteiger partial charge in [0.2, 0.25) is 0 Å². The summed E-state index contributed by atoms with van der Waals surface area (Å²) < 4.78 is 28.5. The zero-order valence-corrected chi connectivity index (χ0v) is 23.2. The second-order valence-corrected chi connectivity index (χ2v) is 10.2. The van der Waals surface area contributed by atoms with Gasteiger partial charge >= 0.3 is 11.9 Å². The quantitative estimate of drug-likeness (QED) is 0.206. The molecule has 1 aliphatic heterocycles. The summed E-state index contributed by atoms with van der Waals surface area (Å²) in [7, 11) is 3.06. The van der Waals surface area contributed by atoms with Crippen molar-refractivity contribution < 1.29 is 38.4 Å². The number of fused-ring (bicyclic) bond motifs is 1. The van der Waals surface area contributed by atoms with Crippen molar-refractivity contribution in [2.45, 2.75) is 11.8 Å². The Morgan fingerprint density at radius 1 is 0.690 bits per heavy atom. The lowest BCUT2D eigenvalue weighted by atomic mass is 9.52. The minimum Gasteiger partial charge on any atom is -0.496 e. The molecule has 0 amide bonds. The van der Waals surface area contributed by atoms with Crippen molar-refractivity contribution in [2.24, 2.45) is 11.8 Å². The van der Waals surface area contributed by atoms with Gasteiger partial charge < -0.3 is 28.8 Å². The first-order valence-electron chi connectivity index (χ1n) is 13.7. The van der Waals surface area contributed by atoms with Gasteiger partial charge in [-0.1, -0.05) is 54.6 Å². The van der Waals surface area contributed by atoms with Crippen LogP contribution in [0.4, 0.5) is 0 Å². The molecule has 4 aromatic rings. The van der Waals surface area contributed by atoms with Crippen molar-refractivity contribution in [2.75, 3.05) is 27.4 Å². The monoisotopic (exact) mass is 566 g/mol. The molecule has 4 atom stereocenters. The Hall–Kier alpha value is -4.98. The fourth-order valence-corrected chi connectivity index (χ4v) is 6.15. The molecule has 42 heavy (non-hydrogen) atoms. The first-order valence-corrected chi connectivity index (χ1v) is 13.7. The second-order valence-electron chi connectivity index (χ2n) is 10.2. The summed E-state index contributed by atoms with van der Waals surface area (Å²) in [5.74, 6) is -1.87. The number of aliphatic carboxylic acids is 1. The Labute approximate surface area is 243 Å². The van der Waals surface area contributed by atoms with Gasteiger partial charge in [0.25, 0.3) is 0 Å². The summed E-state index contributed by atoms with van der Waals surface area (Å²) in [5.41, 5.74) is 3.00. The molecular formula is C34H30O8. The highest BCUT2D eigenvalue weighted by Crippen LogP contribution is 2.60. The van der Waals surface area contributed by atoms with E-state index in [2.05, 4.69) is 0 Å². The molecule has 3 unspecified atom stereocenters. The van der Waals surface area contributed by atoms with Gasteiger partial charge in [-0.15, -0.1) is 0 Å². The van der Waals surface area contributed by atoms with E-state index in [1.807, 2.05) is 54.6 Å². The van der Waals surface area contributed by atoms with E-state index in [9.17, 15) is 14.7 Å². The van der Waals surface area contributed by atoms with Crippen molar-refractivity contribution in [1.29, 1.82) is 0 Å². The zero-order chi connectivity index (χ0) is 29.2. The second kappa shape index (κ2) is 11.5. The molecular weight excluding hydrogens is 536 g/mol. The van der Waals surface area contributed by atoms with Gasteiger partial charge in [0.1, 0.15) is 30.5 Å². The summed E-state index contributed by atoms with van der Waals surface area (Å²) in [4.78, 5) is 26.8. The number of carbonyl (C=O) groups is 2. The highest BCUT2D eigenvalue weighted by molar-refractivity contribution is 5.86. The maximum atomic E-state index is 14.0. The van der Waals surface area contributed by atoms with E-state index in [1.54, 1.807) is 36.4 Å². The number of para-hydroxylation sites is 2. The molecule has 1 aliphatic carbocycles. The Bertz CT molecular complexity index is 1570. The summed E-state index contributed by atoms with van der Waals surface area (Å²) in [6.07, 6.45) is 0. The molecule has 8 heteroatoms. The van der Waals surface area contributed by atoms with E-state index in [4.69, 9.17) is 23.7 Å². The third kappa shape index (κ3) is 4.89. The molecule has 0 aromatic heterocycles. The van der Waals surface area contributed by atoms with E-state index < -0.39 is 35.6 Å². The highest BCUT2D eigenvalue weighted by atomic mass is 16.6. The van der Waals surface area contributed by atoms with Crippen LogP contribution in [-0.2, 0) is 9.59 Å². The number of hydrogen-bond acceptors (Lipinski definition) is 7. The largest absolute Gasteiger partial charge is 0.496 e. The number of carboxylic acids is 1. The normalized spacial score (nSPS) is 20.6. The van der Waals surface area contributed by atoms with Crippen LogP contribution in [0.25, 0.3) is 11.1 Å². The van der Waals surface area contributed by atoms with Crippen molar-refractivity contribution >= 4 is 11.9 Å². The lowest BCUT2D eigenvalue weighted by Gasteiger charge is -2.49. The molecule has 214 valence electrons. The minimum atomic E-state index is -1.01. The van der Waals surface area contributed by atoms with Crippen molar-refractivity contribution in [3.8, 4) is 39.9 Å². The molecule has 1 heterocycles. The molecule has 1 N–H and O–H groups in total. The van der Waals surface area contributed by atoms with Crippen molar-refractivity contribution in [1.82, 2.24) is 0 Å². The molecule has 6 rings (SSSR count). The standard InChI is InChI=1S/C34H30O8/c1-38-25-12-5-3-10-23(25)29-31(33(35)36)30(24-11-4-6-13-26(24)39-2)32(29)34(37)42-22-9-7-8-20(18-22)21-14-15-27-28(19-21)41-17-16-40-27/h3-15,18-19,29-32H,16-17H2,1-2H3,(H,35,36)/t29-,30?,31?,32?/m1/s1. The number of methoxy groups -OCH3 is 2. The SMILES string of the molecule is COc1ccccc1C1C(C(=O)O)[C@@H](c2ccccc2OC)C1C(=O)Oc1cccc(-c2ccc3c(c2)OCCO3)c1. The number of benzene rings is 4. The maximum absolute atomic E-state index is 14.0. The number of hydrogen-bond donors (Lipinski definition) is 1. The van der Waals surface area contributed by atoms with Gasteiger partial charge in [-0.05, 0) is 58.7 Å². The Morgan fingerprint density at radius 2 is 1.29 bits per heavy atom. The van der Waals surface area contributed by atoms with Crippen LogP contribution < -0.4 is 23.7 Å². The summed E-state index contributed by atoms with van der Waals surface area (Å²) in [6, 6.07) is 27.3. The molecule has 0 spiro atoms. The average molecular weight is 567 g/mol. The lowest BCUT2D eigenvalue weighted by Crippen LogP contribution is -2.52. The van der Waals surface area contributed by atoms with Crippen LogP contribution in [0.2, 0.25) is 0 Å². The van der Waals surface area contributed by atoms with E-state index in [1.165, 1.54) is 14.2 Å². The van der Waals surface area contributed by atoms with Crippen LogP contribution >= 0.6 is 0 Å². The first-order chi connectivity index (χ1) is 20.5. The Morgan fingerprint density at radius 3 is 1.90 bits per heavy atom. The van der Waals surface area contributed by atoms with Gasteiger partial charge in [0, 0.05) is 11.8 Å². The van der Waals surface area contributed by atoms with E-state index >= 15 is 0 Å². The van der Waals surface area contributed by atoms with Crippen LogP contribution in [-0.4, -0.2) is 44.5 Å². The third-order valence-corrected chi connectivity index (χ3v) is 8.03. The Balaban J connectivity index is 1.36. The average Bonchev–Trinajstić information content (AvgIpc) is 3.00. The molecule has 2 aliphatic rings. The number of rotatable bonds is 8. The molecule has 1 saturated carbocycles. The third-order valence-electron chi connectivity index (χ3n) is 8.03. The number of ether oxygens (including phenoxy) is 5. The summed E-state index contributed by atoms with van der Waals surface area (Å²) in [5, 5.41) is 10.4. The first kappa shape index (κ1) is 27.2. The summed E-state index contributed by atoms with van der Waals surface area (Å²) in [6.45, 7) is 0.987. The van der Waals surface area contributed by atoms with Crippen LogP contribution in [0, 0.1) is 11.8 Å². The van der Waals surface area contributed by atoms with Gasteiger partial charge in [-0.2, -0.15) is 0 Å². The molecule has 1 fully saturated rings. The van der Waals surface area contributed by atoms with E-state index in [-0.39, 0.29) is 0 Å². The highest BCUT2D eigenvalue weighted by Gasteiger charge is 2.60. The minimum absolute atomic E-state index is 0.351. The van der Waals surface area contributed by atoms with Crippen molar-refractivity contribution in [3.63, 3.8) is 0 Å². The molecule has 8 nitrogen and oxygen atoms in total. The smallest absolute Gasteiger partial charge is 0.315 e. The van der Waals surface area contributed by atoms with Gasteiger partial charge in [-0.25, -0.2) is 0 Å². The predicted molar refractivity (Wildman–Crippen MR) is 155 cm³/mol. The number of carboxylic acid groups (broad SMARTS) is 1. The van der Waals surface area contributed by atoms with Crippen LogP contribution in [0.15, 0.2) is 91.0 Å². The lowest BCUT2D eigenvalue weighted by molar-refractivity contribution is -0.158. The van der Waals surface area contributed by atoms with Gasteiger partial charge in [0.05, 0.1) is 26.1 Å².